The summed E-state index contributed by atoms with van der Waals surface area (Å²) in [7, 11) is 2.01. The molecule has 79 valence electrons. The van der Waals surface area contributed by atoms with Crippen LogP contribution in [0.2, 0.25) is 0 Å². The van der Waals surface area contributed by atoms with Gasteiger partial charge in [0.1, 0.15) is 5.82 Å². The van der Waals surface area contributed by atoms with Crippen LogP contribution in [0.15, 0.2) is 12.4 Å². The molecule has 0 aromatic carbocycles. The van der Waals surface area contributed by atoms with E-state index in [2.05, 4.69) is 11.9 Å². The molecule has 1 aromatic rings. The Morgan fingerprint density at radius 2 is 1.69 bits per heavy atom. The molecule has 0 amide bonds. The van der Waals surface area contributed by atoms with Gasteiger partial charge in [-0.25, -0.2) is 4.98 Å². The lowest BCUT2D eigenvalue weighted by Gasteiger charge is -1.92. The molecule has 7 heteroatoms. The van der Waals surface area contributed by atoms with Crippen LogP contribution in [0.1, 0.15) is 12.7 Å². The molecule has 0 spiro atoms. The first kappa shape index (κ1) is 29.6. The Kier molecular flexibility index (Phi) is 30.9. The van der Waals surface area contributed by atoms with Crippen molar-refractivity contribution in [2.75, 3.05) is 0 Å². The first-order valence-corrected chi connectivity index (χ1v) is 2.80. The summed E-state index contributed by atoms with van der Waals surface area (Å²) in [5.41, 5.74) is 0. The van der Waals surface area contributed by atoms with E-state index >= 15 is 0 Å². The highest BCUT2D eigenvalue weighted by Crippen LogP contribution is 1.92. The van der Waals surface area contributed by atoms with E-state index in [1.807, 2.05) is 24.0 Å². The number of aromatic nitrogens is 2. The Labute approximate surface area is 76.4 Å². The van der Waals surface area contributed by atoms with E-state index in [0.29, 0.717) is 0 Å². The first-order valence-electron chi connectivity index (χ1n) is 2.80. The number of imidazole rings is 1. The molecule has 1 heterocycles. The van der Waals surface area contributed by atoms with Crippen molar-refractivity contribution >= 4 is 8.41 Å². The highest BCUT2D eigenvalue weighted by molar-refractivity contribution is 5.75. The largest absolute Gasteiger partial charge is 0.338 e. The van der Waals surface area contributed by atoms with Crippen LogP contribution < -0.4 is 0 Å². The lowest BCUT2D eigenvalue weighted by molar-refractivity contribution is 0.808. The van der Waals surface area contributed by atoms with Crippen molar-refractivity contribution in [2.24, 2.45) is 7.05 Å². The van der Waals surface area contributed by atoms with Gasteiger partial charge in [0.05, 0.1) is 0 Å². The van der Waals surface area contributed by atoms with Crippen LogP contribution in [0.5, 0.6) is 0 Å². The molecule has 0 atom stereocenters. The van der Waals surface area contributed by atoms with Crippen molar-refractivity contribution in [1.29, 1.82) is 0 Å². The molecular weight excluding hydrogens is 187 g/mol. The van der Waals surface area contributed by atoms with Crippen molar-refractivity contribution in [2.45, 2.75) is 13.3 Å². The van der Waals surface area contributed by atoms with E-state index in [1.54, 1.807) is 0 Å². The minimum absolute atomic E-state index is 0. The zero-order valence-corrected chi connectivity index (χ0v) is 7.47. The van der Waals surface area contributed by atoms with Crippen LogP contribution in [0.4, 0.5) is 18.8 Å². The summed E-state index contributed by atoms with van der Waals surface area (Å²) in [6.45, 7) is 2.10. The van der Waals surface area contributed by atoms with Crippen molar-refractivity contribution in [3.8, 4) is 0 Å². The molecule has 0 aliphatic heterocycles. The number of hydrogen-bond acceptors (Lipinski definition) is 1. The van der Waals surface area contributed by atoms with Gasteiger partial charge in [0.25, 0.3) is 0 Å². The van der Waals surface area contributed by atoms with E-state index < -0.39 is 0 Å². The fraction of sp³-hybridized carbons (Fsp3) is 0.500. The summed E-state index contributed by atoms with van der Waals surface area (Å²) >= 11 is 0. The Balaban J connectivity index is -0.0000000427. The van der Waals surface area contributed by atoms with Crippen LogP contribution in [0.3, 0.4) is 0 Å². The lowest BCUT2D eigenvalue weighted by atomic mass is 10.5. The van der Waals surface area contributed by atoms with Crippen LogP contribution in [-0.4, -0.2) is 18.0 Å². The SMILES string of the molecule is CCc1nccn1C.F.F.F.F.[B]. The maximum Gasteiger partial charge on any atom is 0.108 e. The van der Waals surface area contributed by atoms with Gasteiger partial charge in [0, 0.05) is 34.3 Å². The lowest BCUT2D eigenvalue weighted by Crippen LogP contribution is -1.92. The van der Waals surface area contributed by atoms with Gasteiger partial charge in [-0.1, -0.05) is 6.92 Å². The molecule has 0 saturated heterocycles. The second-order valence-electron chi connectivity index (χ2n) is 1.81. The van der Waals surface area contributed by atoms with E-state index in [-0.39, 0.29) is 27.2 Å². The molecule has 0 saturated carbocycles. The van der Waals surface area contributed by atoms with Crippen molar-refractivity contribution in [3.05, 3.63) is 18.2 Å². The van der Waals surface area contributed by atoms with Crippen LogP contribution in [0, 0.1) is 0 Å². The minimum atomic E-state index is 0. The second kappa shape index (κ2) is 13.6. The van der Waals surface area contributed by atoms with Crippen LogP contribution in [0.25, 0.3) is 0 Å². The van der Waals surface area contributed by atoms with Crippen LogP contribution >= 0.6 is 0 Å². The van der Waals surface area contributed by atoms with Gasteiger partial charge in [-0.3, -0.25) is 18.8 Å². The third-order valence-electron chi connectivity index (χ3n) is 1.24. The van der Waals surface area contributed by atoms with E-state index in [1.165, 1.54) is 0 Å². The standard InChI is InChI=1S/C6H10N2.B.4FH/c1-3-6-7-4-5-8(6)2;;;;;/h4-5H,3H2,1-2H3;;4*1H. The second-order valence-corrected chi connectivity index (χ2v) is 1.81. The molecule has 0 N–H and O–H groups in total. The van der Waals surface area contributed by atoms with E-state index in [4.69, 9.17) is 0 Å². The minimum Gasteiger partial charge on any atom is -0.338 e. The number of aryl methyl sites for hydroxylation is 2. The van der Waals surface area contributed by atoms with Crippen molar-refractivity contribution < 1.29 is 18.8 Å². The Morgan fingerprint density at radius 3 is 1.85 bits per heavy atom. The quantitative estimate of drug-likeness (QED) is 0.493. The predicted molar refractivity (Wildman–Crippen MR) is 48.4 cm³/mol. The summed E-state index contributed by atoms with van der Waals surface area (Å²) < 4.78 is 2.03. The average molecular weight is 201 g/mol. The zero-order chi connectivity index (χ0) is 5.98. The number of hydrogen-bond donors (Lipinski definition) is 0. The fourth-order valence-corrected chi connectivity index (χ4v) is 0.737. The monoisotopic (exact) mass is 201 g/mol. The number of nitrogens with zero attached hydrogens (tertiary/aromatic N) is 2. The summed E-state index contributed by atoms with van der Waals surface area (Å²) in [6, 6.07) is 0. The molecule has 1 aromatic heterocycles. The third kappa shape index (κ3) is 7.36. The van der Waals surface area contributed by atoms with Gasteiger partial charge < -0.3 is 4.57 Å². The molecule has 13 heavy (non-hydrogen) atoms. The Bertz CT molecular complexity index is 183. The average Bonchev–Trinajstić information content (AvgIpc) is 2.14. The van der Waals surface area contributed by atoms with Gasteiger partial charge in [-0.05, 0) is 0 Å². The topological polar surface area (TPSA) is 17.8 Å². The Hall–Kier alpha value is -1.01. The van der Waals surface area contributed by atoms with Crippen molar-refractivity contribution in [1.82, 2.24) is 9.55 Å². The molecule has 1 rings (SSSR count). The van der Waals surface area contributed by atoms with E-state index in [0.717, 1.165) is 12.2 Å². The highest BCUT2D eigenvalue weighted by atomic mass is 19.0. The Morgan fingerprint density at radius 1 is 1.23 bits per heavy atom. The summed E-state index contributed by atoms with van der Waals surface area (Å²) in [4.78, 5) is 4.10. The van der Waals surface area contributed by atoms with Gasteiger partial charge >= 0.3 is 0 Å². The maximum atomic E-state index is 4.10. The maximum absolute atomic E-state index is 4.10. The van der Waals surface area contributed by atoms with E-state index in [9.17, 15) is 0 Å². The molecular formula is C6H14BF4N2. The molecule has 0 aliphatic carbocycles. The fourth-order valence-electron chi connectivity index (χ4n) is 0.737. The smallest absolute Gasteiger partial charge is 0.108 e. The summed E-state index contributed by atoms with van der Waals surface area (Å²) in [5, 5.41) is 0. The van der Waals surface area contributed by atoms with Gasteiger partial charge in [-0.15, -0.1) is 0 Å². The molecule has 0 unspecified atom stereocenters. The van der Waals surface area contributed by atoms with Gasteiger partial charge in [0.15, 0.2) is 0 Å². The normalized spacial score (nSPS) is 6.00. The summed E-state index contributed by atoms with van der Waals surface area (Å²) in [5.74, 6) is 1.14. The highest BCUT2D eigenvalue weighted by Gasteiger charge is 1.90. The third-order valence-corrected chi connectivity index (χ3v) is 1.24. The zero-order valence-electron chi connectivity index (χ0n) is 7.47. The van der Waals surface area contributed by atoms with Gasteiger partial charge in [-0.2, -0.15) is 0 Å². The van der Waals surface area contributed by atoms with Gasteiger partial charge in [0.2, 0.25) is 0 Å². The number of rotatable bonds is 1. The molecule has 0 fully saturated rings. The molecule has 3 radical (unpaired) electrons. The molecule has 0 bridgehead atoms. The predicted octanol–water partition coefficient (Wildman–Crippen LogP) is 1.21. The molecule has 0 aliphatic rings. The van der Waals surface area contributed by atoms with Crippen LogP contribution in [-0.2, 0) is 13.5 Å². The summed E-state index contributed by atoms with van der Waals surface area (Å²) in [6.07, 6.45) is 4.79. The van der Waals surface area contributed by atoms with Crippen molar-refractivity contribution in [3.63, 3.8) is 0 Å². The first-order chi connectivity index (χ1) is 3.84. The molecule has 2 nitrogen and oxygen atoms in total. The number of halogens is 4.